The van der Waals surface area contributed by atoms with Crippen molar-refractivity contribution in [3.05, 3.63) is 0 Å². The van der Waals surface area contributed by atoms with Gasteiger partial charge in [-0.25, -0.2) is 4.67 Å². The predicted molar refractivity (Wildman–Crippen MR) is 150 cm³/mol. The Balaban J connectivity index is 2.94. The predicted octanol–water partition coefficient (Wildman–Crippen LogP) is 2.73. The molecule has 6 atom stereocenters. The highest BCUT2D eigenvalue weighted by molar-refractivity contribution is 7.44. The fourth-order valence-electron chi connectivity index (χ4n) is 4.29. The molecule has 1 amide bonds. The lowest BCUT2D eigenvalue weighted by Gasteiger charge is -2.44. The van der Waals surface area contributed by atoms with Gasteiger partial charge in [-0.2, -0.15) is 5.26 Å². The van der Waals surface area contributed by atoms with E-state index in [4.69, 9.17) is 38.0 Å². The number of rotatable bonds is 18. The van der Waals surface area contributed by atoms with Crippen LogP contribution in [-0.4, -0.2) is 97.6 Å². The number of nitriles is 1. The molecule has 1 N–H and O–H groups in total. The second kappa shape index (κ2) is 19.7. The van der Waals surface area contributed by atoms with Gasteiger partial charge >= 0.3 is 17.9 Å². The van der Waals surface area contributed by atoms with E-state index in [1.807, 2.05) is 0 Å². The van der Waals surface area contributed by atoms with E-state index in [0.29, 0.717) is 19.4 Å². The van der Waals surface area contributed by atoms with E-state index in [1.54, 1.807) is 0 Å². The minimum absolute atomic E-state index is 0.177. The molecule has 1 fully saturated rings. The molecule has 0 spiro atoms. The maximum atomic E-state index is 12.1. The van der Waals surface area contributed by atoms with Crippen LogP contribution >= 0.6 is 8.53 Å². The maximum absolute atomic E-state index is 12.1. The normalized spacial score (nSPS) is 22.9. The summed E-state index contributed by atoms with van der Waals surface area (Å²) in [6.45, 7) is 13.6. The summed E-state index contributed by atoms with van der Waals surface area (Å²) in [5.41, 5.74) is 0. The maximum Gasteiger partial charge on any atom is 0.303 e. The van der Waals surface area contributed by atoms with Crippen LogP contribution < -0.4 is 5.32 Å². The Kier molecular flexibility index (Phi) is 17.7. The minimum Gasteiger partial charge on any atom is -0.463 e. The molecule has 5 unspecified atom stereocenters. The summed E-state index contributed by atoms with van der Waals surface area (Å²) in [6.07, 6.45) is -3.10. The number of hydrogen-bond donors (Lipinski definition) is 1. The third-order valence-electron chi connectivity index (χ3n) is 5.76. The lowest BCUT2D eigenvalue weighted by molar-refractivity contribution is -0.277. The van der Waals surface area contributed by atoms with Crippen molar-refractivity contribution in [3.63, 3.8) is 0 Å². The van der Waals surface area contributed by atoms with Gasteiger partial charge in [-0.05, 0) is 40.5 Å². The van der Waals surface area contributed by atoms with Crippen LogP contribution in [0.5, 0.6) is 0 Å². The van der Waals surface area contributed by atoms with Gasteiger partial charge in [0.25, 0.3) is 8.53 Å². The second-order valence-electron chi connectivity index (χ2n) is 10.2. The highest BCUT2D eigenvalue weighted by atomic mass is 31.2. The topological polar surface area (TPSA) is 172 Å². The Morgan fingerprint density at radius 2 is 1.45 bits per heavy atom. The fourth-order valence-corrected chi connectivity index (χ4v) is 5.92. The Hall–Kier alpha value is -2.40. The SMILES string of the molecule is CC(=O)NC1C(OC(C)=O)C(OC(C)=O)C(COC(C)=O)O[C@H]1OCCCCOP(OCCC#N)N(C(C)C)C(C)C. The van der Waals surface area contributed by atoms with Gasteiger partial charge in [-0.3, -0.25) is 19.2 Å². The molecular weight excluding hydrogens is 573 g/mol. The van der Waals surface area contributed by atoms with Crippen molar-refractivity contribution in [1.29, 1.82) is 5.26 Å². The molecule has 0 aromatic carbocycles. The molecule has 1 saturated heterocycles. The Morgan fingerprint density at radius 3 is 1.98 bits per heavy atom. The zero-order chi connectivity index (χ0) is 31.8. The number of nitrogens with zero attached hydrogens (tertiary/aromatic N) is 2. The second-order valence-corrected chi connectivity index (χ2v) is 11.6. The highest BCUT2D eigenvalue weighted by Gasteiger charge is 2.51. The molecule has 1 aliphatic rings. The van der Waals surface area contributed by atoms with E-state index in [9.17, 15) is 19.2 Å². The molecule has 0 saturated carbocycles. The summed E-state index contributed by atoms with van der Waals surface area (Å²) in [5.74, 6) is -2.40. The van der Waals surface area contributed by atoms with Crippen LogP contribution in [0.3, 0.4) is 0 Å². The van der Waals surface area contributed by atoms with Gasteiger partial charge in [0.2, 0.25) is 5.91 Å². The Morgan fingerprint density at radius 1 is 0.881 bits per heavy atom. The third kappa shape index (κ3) is 13.7. The number of unbranched alkanes of at least 4 members (excludes halogenated alkanes) is 1. The molecular formula is C27H46N3O11P. The summed E-state index contributed by atoms with van der Waals surface area (Å²) in [7, 11) is -1.37. The number of nitrogens with one attached hydrogen (secondary N) is 1. The summed E-state index contributed by atoms with van der Waals surface area (Å²) < 4.78 is 42.0. The summed E-state index contributed by atoms with van der Waals surface area (Å²) in [5, 5.41) is 11.5. The highest BCUT2D eigenvalue weighted by Crippen LogP contribution is 2.46. The quantitative estimate of drug-likeness (QED) is 0.103. The first kappa shape index (κ1) is 37.6. The summed E-state index contributed by atoms with van der Waals surface area (Å²) in [6, 6.07) is 1.41. The van der Waals surface area contributed by atoms with E-state index in [0.717, 1.165) is 0 Å². The Bertz CT molecular complexity index is 906. The zero-order valence-electron chi connectivity index (χ0n) is 25.8. The fraction of sp³-hybridized carbons (Fsp3) is 0.815. The molecule has 0 bridgehead atoms. The Labute approximate surface area is 249 Å². The smallest absolute Gasteiger partial charge is 0.303 e. The lowest BCUT2D eigenvalue weighted by atomic mass is 9.96. The van der Waals surface area contributed by atoms with Crippen LogP contribution in [0.2, 0.25) is 0 Å². The molecule has 42 heavy (non-hydrogen) atoms. The zero-order valence-corrected chi connectivity index (χ0v) is 26.7. The van der Waals surface area contributed by atoms with Gasteiger partial charge < -0.3 is 38.0 Å². The monoisotopic (exact) mass is 619 g/mol. The number of carbonyl (C=O) groups is 4. The van der Waals surface area contributed by atoms with Crippen molar-refractivity contribution < 1.29 is 51.9 Å². The van der Waals surface area contributed by atoms with Crippen molar-refractivity contribution in [2.75, 3.05) is 26.4 Å². The van der Waals surface area contributed by atoms with Crippen LogP contribution in [0.25, 0.3) is 0 Å². The van der Waals surface area contributed by atoms with Crippen molar-refractivity contribution >= 4 is 32.3 Å². The van der Waals surface area contributed by atoms with E-state index in [1.165, 1.54) is 27.7 Å². The van der Waals surface area contributed by atoms with Gasteiger partial charge in [-0.1, -0.05) is 0 Å². The van der Waals surface area contributed by atoms with E-state index < -0.39 is 63.0 Å². The first-order valence-corrected chi connectivity index (χ1v) is 15.1. The van der Waals surface area contributed by atoms with E-state index in [2.05, 4.69) is 43.8 Å². The number of carbonyl (C=O) groups excluding carboxylic acids is 4. The van der Waals surface area contributed by atoms with Gasteiger partial charge in [-0.15, -0.1) is 0 Å². The molecule has 15 heteroatoms. The largest absolute Gasteiger partial charge is 0.463 e. The summed E-state index contributed by atoms with van der Waals surface area (Å²) >= 11 is 0. The molecule has 0 radical (unpaired) electrons. The molecule has 240 valence electrons. The van der Waals surface area contributed by atoms with Crippen LogP contribution in [0.4, 0.5) is 0 Å². The molecule has 0 aliphatic carbocycles. The number of esters is 3. The molecule has 0 aromatic rings. The van der Waals surface area contributed by atoms with Crippen LogP contribution in [0, 0.1) is 11.3 Å². The number of amides is 1. The molecule has 1 rings (SSSR count). The van der Waals surface area contributed by atoms with Gasteiger partial charge in [0, 0.05) is 46.4 Å². The first-order chi connectivity index (χ1) is 19.8. The van der Waals surface area contributed by atoms with Crippen molar-refractivity contribution in [3.8, 4) is 6.07 Å². The van der Waals surface area contributed by atoms with E-state index >= 15 is 0 Å². The van der Waals surface area contributed by atoms with Crippen molar-refractivity contribution in [2.24, 2.45) is 0 Å². The molecule has 0 aromatic heterocycles. The molecule has 14 nitrogen and oxygen atoms in total. The number of hydrogen-bond acceptors (Lipinski definition) is 13. The van der Waals surface area contributed by atoms with Crippen molar-refractivity contribution in [2.45, 2.75) is 117 Å². The average molecular weight is 620 g/mol. The van der Waals surface area contributed by atoms with Crippen LogP contribution in [0.1, 0.15) is 74.7 Å². The van der Waals surface area contributed by atoms with Crippen molar-refractivity contribution in [1.82, 2.24) is 9.99 Å². The third-order valence-corrected chi connectivity index (χ3v) is 7.86. The average Bonchev–Trinajstić information content (AvgIpc) is 2.86. The van der Waals surface area contributed by atoms with E-state index in [-0.39, 0.29) is 38.3 Å². The first-order valence-electron chi connectivity index (χ1n) is 14.0. The minimum atomic E-state index is -1.37. The van der Waals surface area contributed by atoms with Gasteiger partial charge in [0.15, 0.2) is 18.5 Å². The van der Waals surface area contributed by atoms with Gasteiger partial charge in [0.1, 0.15) is 18.8 Å². The van der Waals surface area contributed by atoms with Crippen LogP contribution in [-0.2, 0) is 51.9 Å². The lowest BCUT2D eigenvalue weighted by Crippen LogP contribution is -2.66. The molecule has 1 aliphatic heterocycles. The van der Waals surface area contributed by atoms with Gasteiger partial charge in [0.05, 0.1) is 25.7 Å². The van der Waals surface area contributed by atoms with Crippen LogP contribution in [0.15, 0.2) is 0 Å². The molecule has 1 heterocycles. The number of ether oxygens (including phenoxy) is 5. The standard InChI is InChI=1S/C27H46N3O11P/c1-17(2)30(18(3)4)42(38-15-11-12-28)37-14-10-9-13-35-27-24(29-19(5)31)26(40-22(8)34)25(39-21(7)33)23(41-27)16-36-20(6)32/h17-18,23-27H,9-11,13-16H2,1-8H3,(H,29,31)/t23?,24?,25?,26?,27-,42?/m1/s1. The summed E-state index contributed by atoms with van der Waals surface area (Å²) in [4.78, 5) is 47.4.